The molecule has 0 atom stereocenters. The van der Waals surface area contributed by atoms with Gasteiger partial charge in [-0.3, -0.25) is 0 Å². The molecular formula is C17H30N2O3SSi. The van der Waals surface area contributed by atoms with Gasteiger partial charge in [0.15, 0.2) is 8.32 Å². The summed E-state index contributed by atoms with van der Waals surface area (Å²) in [5.74, 6) is 0.469. The van der Waals surface area contributed by atoms with E-state index in [0.717, 1.165) is 19.3 Å². The van der Waals surface area contributed by atoms with Gasteiger partial charge in [-0.2, -0.15) is 4.31 Å². The van der Waals surface area contributed by atoms with Crippen LogP contribution in [0.25, 0.3) is 0 Å². The number of nitrogens with zero attached hydrogens (tertiary/aromatic N) is 1. The Labute approximate surface area is 147 Å². The Bertz CT molecular complexity index is 658. The highest BCUT2D eigenvalue weighted by Crippen LogP contribution is 2.43. The third kappa shape index (κ3) is 4.19. The van der Waals surface area contributed by atoms with Gasteiger partial charge >= 0.3 is 0 Å². The predicted octanol–water partition coefficient (Wildman–Crippen LogP) is 3.04. The molecule has 2 rings (SSSR count). The van der Waals surface area contributed by atoms with Crippen molar-refractivity contribution in [2.45, 2.75) is 56.1 Å². The van der Waals surface area contributed by atoms with Gasteiger partial charge in [-0.1, -0.05) is 13.8 Å². The number of hydrogen-bond acceptors (Lipinski definition) is 4. The van der Waals surface area contributed by atoms with Crippen molar-refractivity contribution in [3.05, 3.63) is 24.3 Å². The summed E-state index contributed by atoms with van der Waals surface area (Å²) in [6.07, 6.45) is 2.66. The summed E-state index contributed by atoms with van der Waals surface area (Å²) in [6.45, 7) is 9.32. The summed E-state index contributed by atoms with van der Waals surface area (Å²) in [5.41, 5.74) is 6.20. The van der Waals surface area contributed by atoms with Crippen LogP contribution in [-0.2, 0) is 10.0 Å². The number of piperidine rings is 1. The van der Waals surface area contributed by atoms with E-state index in [1.54, 1.807) is 28.6 Å². The first-order chi connectivity index (χ1) is 10.9. The Morgan fingerprint density at radius 1 is 1.21 bits per heavy atom. The summed E-state index contributed by atoms with van der Waals surface area (Å²) >= 11 is 0. The molecule has 1 aromatic rings. The lowest BCUT2D eigenvalue weighted by Crippen LogP contribution is -2.43. The molecule has 3 N–H and O–H groups in total. The van der Waals surface area contributed by atoms with Crippen LogP contribution in [-0.4, -0.2) is 38.9 Å². The molecule has 0 unspecified atom stereocenters. The van der Waals surface area contributed by atoms with Gasteiger partial charge in [-0.05, 0) is 67.6 Å². The van der Waals surface area contributed by atoms with E-state index in [-0.39, 0.29) is 5.04 Å². The van der Waals surface area contributed by atoms with Crippen molar-refractivity contribution in [2.75, 3.05) is 18.8 Å². The molecule has 1 aliphatic rings. The number of hydrogen-bond donors (Lipinski definition) is 2. The molecule has 1 fully saturated rings. The molecule has 1 aromatic carbocycles. The van der Waals surface area contributed by atoms with Crippen LogP contribution in [0.3, 0.4) is 0 Å². The maximum Gasteiger partial charge on any atom is 0.243 e. The van der Waals surface area contributed by atoms with Gasteiger partial charge in [-0.15, -0.1) is 0 Å². The van der Waals surface area contributed by atoms with Crippen molar-refractivity contribution >= 4 is 24.0 Å². The number of benzene rings is 1. The largest absolute Gasteiger partial charge is 0.432 e. The monoisotopic (exact) mass is 370 g/mol. The molecule has 0 spiro atoms. The van der Waals surface area contributed by atoms with Crippen molar-refractivity contribution in [1.29, 1.82) is 0 Å². The normalized spacial score (nSPS) is 18.7. The van der Waals surface area contributed by atoms with E-state index in [2.05, 4.69) is 13.8 Å². The summed E-state index contributed by atoms with van der Waals surface area (Å²) < 4.78 is 27.0. The second kappa shape index (κ2) is 6.78. The Kier molecular flexibility index (Phi) is 5.49. The van der Waals surface area contributed by atoms with Gasteiger partial charge in [0.25, 0.3) is 0 Å². The molecule has 0 aromatic heterocycles. The van der Waals surface area contributed by atoms with Crippen LogP contribution in [0.1, 0.15) is 33.1 Å². The first-order valence-electron chi connectivity index (χ1n) is 8.51. The van der Waals surface area contributed by atoms with E-state index in [9.17, 15) is 13.2 Å². The number of anilines is 1. The number of sulfonamides is 1. The van der Waals surface area contributed by atoms with Gasteiger partial charge in [-0.25, -0.2) is 8.42 Å². The van der Waals surface area contributed by atoms with Crippen LogP contribution < -0.4 is 5.73 Å². The number of rotatable bonds is 5. The second-order valence-electron chi connectivity index (χ2n) is 8.06. The minimum absolute atomic E-state index is 0.0599. The van der Waals surface area contributed by atoms with E-state index >= 15 is 0 Å². The van der Waals surface area contributed by atoms with Crippen LogP contribution >= 0.6 is 0 Å². The van der Waals surface area contributed by atoms with Gasteiger partial charge in [0.1, 0.15) is 0 Å². The summed E-state index contributed by atoms with van der Waals surface area (Å²) in [7, 11) is -5.66. The third-order valence-electron chi connectivity index (χ3n) is 5.55. The molecule has 24 heavy (non-hydrogen) atoms. The van der Waals surface area contributed by atoms with Gasteiger partial charge in [0.05, 0.1) is 4.90 Å². The first-order valence-corrected chi connectivity index (χ1v) is 12.9. The van der Waals surface area contributed by atoms with Crippen LogP contribution in [0.5, 0.6) is 0 Å². The van der Waals surface area contributed by atoms with Crippen LogP contribution in [0.2, 0.25) is 18.1 Å². The van der Waals surface area contributed by atoms with E-state index < -0.39 is 18.3 Å². The fourth-order valence-corrected chi connectivity index (χ4v) is 5.37. The standard InChI is InChI=1S/C17H30N2O3SSi/c1-17(2,24(3,4)22)13-14-9-11-19(12-10-14)23(20,21)16-7-5-15(18)6-8-16/h5-8,14,22H,9-13,18H2,1-4H3. The fraction of sp³-hybridized carbons (Fsp3) is 0.647. The molecule has 1 saturated heterocycles. The van der Waals surface area contributed by atoms with E-state index in [1.165, 1.54) is 0 Å². The SMILES string of the molecule is CC(C)(CC1CCN(S(=O)(=O)c2ccc(N)cc2)CC1)[Si](C)(C)O. The molecule has 0 saturated carbocycles. The molecule has 1 heterocycles. The highest BCUT2D eigenvalue weighted by Gasteiger charge is 2.40. The molecule has 5 nitrogen and oxygen atoms in total. The lowest BCUT2D eigenvalue weighted by molar-refractivity contribution is 0.242. The number of nitrogens with two attached hydrogens (primary N) is 1. The summed E-state index contributed by atoms with van der Waals surface area (Å²) in [4.78, 5) is 10.8. The van der Waals surface area contributed by atoms with Crippen LogP contribution in [0, 0.1) is 5.92 Å². The van der Waals surface area contributed by atoms with Crippen LogP contribution in [0.4, 0.5) is 5.69 Å². The lowest BCUT2D eigenvalue weighted by atomic mass is 9.89. The molecule has 0 bridgehead atoms. The molecule has 136 valence electrons. The Morgan fingerprint density at radius 3 is 2.17 bits per heavy atom. The zero-order valence-corrected chi connectivity index (χ0v) is 16.9. The molecule has 1 aliphatic heterocycles. The lowest BCUT2D eigenvalue weighted by Gasteiger charge is -2.40. The number of nitrogen functional groups attached to an aromatic ring is 1. The Morgan fingerprint density at radius 2 is 1.71 bits per heavy atom. The van der Waals surface area contributed by atoms with Crippen LogP contribution in [0.15, 0.2) is 29.2 Å². The van der Waals surface area contributed by atoms with E-state index in [4.69, 9.17) is 5.73 Å². The van der Waals surface area contributed by atoms with Crippen molar-refractivity contribution < 1.29 is 13.2 Å². The quantitative estimate of drug-likeness (QED) is 0.616. The van der Waals surface area contributed by atoms with Crippen molar-refractivity contribution in [1.82, 2.24) is 4.31 Å². The molecule has 0 amide bonds. The summed E-state index contributed by atoms with van der Waals surface area (Å²) in [6, 6.07) is 6.38. The average molecular weight is 371 g/mol. The molecule has 0 radical (unpaired) electrons. The first kappa shape index (κ1) is 19.4. The maximum atomic E-state index is 12.7. The summed E-state index contributed by atoms with van der Waals surface area (Å²) in [5, 5.41) is -0.0599. The van der Waals surface area contributed by atoms with E-state index in [1.807, 2.05) is 13.1 Å². The second-order valence-corrected chi connectivity index (χ2v) is 14.5. The average Bonchev–Trinajstić information content (AvgIpc) is 2.46. The van der Waals surface area contributed by atoms with E-state index in [0.29, 0.717) is 29.6 Å². The van der Waals surface area contributed by atoms with Gasteiger partial charge < -0.3 is 10.5 Å². The minimum atomic E-state index is -3.44. The van der Waals surface area contributed by atoms with Crippen molar-refractivity contribution in [2.24, 2.45) is 5.92 Å². The molecular weight excluding hydrogens is 340 g/mol. The maximum absolute atomic E-state index is 12.7. The smallest absolute Gasteiger partial charge is 0.243 e. The van der Waals surface area contributed by atoms with Gasteiger partial charge in [0, 0.05) is 18.8 Å². The zero-order valence-electron chi connectivity index (χ0n) is 15.1. The Hall–Kier alpha value is -0.893. The molecule has 7 heteroatoms. The highest BCUT2D eigenvalue weighted by atomic mass is 32.2. The Balaban J connectivity index is 2.01. The predicted molar refractivity (Wildman–Crippen MR) is 101 cm³/mol. The highest BCUT2D eigenvalue weighted by molar-refractivity contribution is 7.89. The zero-order chi connectivity index (χ0) is 18.2. The third-order valence-corrected chi connectivity index (χ3v) is 11.0. The molecule has 0 aliphatic carbocycles. The van der Waals surface area contributed by atoms with Gasteiger partial charge in [0.2, 0.25) is 10.0 Å². The van der Waals surface area contributed by atoms with Crippen molar-refractivity contribution in [3.63, 3.8) is 0 Å². The van der Waals surface area contributed by atoms with Crippen molar-refractivity contribution in [3.8, 4) is 0 Å². The minimum Gasteiger partial charge on any atom is -0.432 e. The fourth-order valence-electron chi connectivity index (χ4n) is 3.11. The topological polar surface area (TPSA) is 83.6 Å².